The van der Waals surface area contributed by atoms with E-state index in [1.54, 1.807) is 7.11 Å². The minimum atomic E-state index is 0.687. The number of hydrogen-bond acceptors (Lipinski definition) is 3. The fraction of sp³-hybridized carbons (Fsp3) is 0.571. The van der Waals surface area contributed by atoms with Crippen molar-refractivity contribution in [1.29, 1.82) is 0 Å². The third kappa shape index (κ3) is 6.10. The van der Waals surface area contributed by atoms with Crippen molar-refractivity contribution < 1.29 is 4.74 Å². The molecule has 0 bridgehead atoms. The van der Waals surface area contributed by atoms with Crippen LogP contribution in [-0.2, 0) is 11.3 Å². The van der Waals surface area contributed by atoms with Crippen molar-refractivity contribution in [3.63, 3.8) is 0 Å². The summed E-state index contributed by atoms with van der Waals surface area (Å²) in [6, 6.07) is 8.77. The Kier molecular flexibility index (Phi) is 7.33. The lowest BCUT2D eigenvalue weighted by Crippen LogP contribution is -2.18. The molecular formula is C14H23NOS. The Balaban J connectivity index is 2.42. The zero-order chi connectivity index (χ0) is 12.5. The zero-order valence-corrected chi connectivity index (χ0v) is 11.8. The number of nitrogens with one attached hydrogen (secondary N) is 1. The number of methoxy groups -OCH3 is 1. The van der Waals surface area contributed by atoms with Gasteiger partial charge >= 0.3 is 0 Å². The van der Waals surface area contributed by atoms with Crippen LogP contribution in [0.25, 0.3) is 0 Å². The molecule has 0 heterocycles. The first-order chi connectivity index (χ1) is 8.26. The Morgan fingerprint density at radius 2 is 2.24 bits per heavy atom. The smallest absolute Gasteiger partial charge is 0.0587 e. The van der Waals surface area contributed by atoms with Gasteiger partial charge < -0.3 is 10.1 Å². The lowest BCUT2D eigenvalue weighted by molar-refractivity contribution is 0.199. The first kappa shape index (κ1) is 14.6. The molecule has 0 saturated carbocycles. The highest BCUT2D eigenvalue weighted by Crippen LogP contribution is 2.25. The molecule has 96 valence electrons. The fourth-order valence-electron chi connectivity index (χ4n) is 1.45. The van der Waals surface area contributed by atoms with E-state index in [0.717, 1.165) is 19.7 Å². The Hall–Kier alpha value is -0.510. The van der Waals surface area contributed by atoms with Crippen molar-refractivity contribution in [3.05, 3.63) is 29.8 Å². The topological polar surface area (TPSA) is 21.3 Å². The van der Waals surface area contributed by atoms with Gasteiger partial charge in [-0.3, -0.25) is 0 Å². The maximum atomic E-state index is 5.00. The summed E-state index contributed by atoms with van der Waals surface area (Å²) in [5.41, 5.74) is 1.34. The Bertz CT molecular complexity index is 317. The predicted molar refractivity (Wildman–Crippen MR) is 75.6 cm³/mol. The molecule has 1 rings (SSSR count). The van der Waals surface area contributed by atoms with Gasteiger partial charge in [0.2, 0.25) is 0 Å². The molecule has 1 N–H and O–H groups in total. The quantitative estimate of drug-likeness (QED) is 0.567. The molecule has 0 amide bonds. The zero-order valence-electron chi connectivity index (χ0n) is 11.0. The minimum Gasteiger partial charge on any atom is -0.383 e. The molecule has 1 atom stereocenters. The molecule has 0 aliphatic rings. The number of ether oxygens (including phenoxy) is 1. The fourth-order valence-corrected chi connectivity index (χ4v) is 2.46. The molecule has 1 aromatic rings. The molecule has 3 heteroatoms. The summed E-state index contributed by atoms with van der Waals surface area (Å²) in [7, 11) is 1.73. The summed E-state index contributed by atoms with van der Waals surface area (Å²) in [4.78, 5) is 1.37. The van der Waals surface area contributed by atoms with E-state index in [1.807, 2.05) is 11.8 Å². The largest absolute Gasteiger partial charge is 0.383 e. The monoisotopic (exact) mass is 253 g/mol. The van der Waals surface area contributed by atoms with Crippen molar-refractivity contribution in [2.45, 2.75) is 37.0 Å². The summed E-state index contributed by atoms with van der Waals surface area (Å²) in [5, 5.41) is 4.05. The van der Waals surface area contributed by atoms with Gasteiger partial charge in [-0.1, -0.05) is 26.0 Å². The van der Waals surface area contributed by atoms with Crippen molar-refractivity contribution in [3.8, 4) is 0 Å². The van der Waals surface area contributed by atoms with Crippen LogP contribution in [0.15, 0.2) is 29.2 Å². The Morgan fingerprint density at radius 3 is 2.94 bits per heavy atom. The average Bonchev–Trinajstić information content (AvgIpc) is 2.35. The summed E-state index contributed by atoms with van der Waals surface area (Å²) in [6.45, 7) is 7.08. The first-order valence-corrected chi connectivity index (χ1v) is 7.09. The van der Waals surface area contributed by atoms with Gasteiger partial charge in [-0.25, -0.2) is 0 Å². The van der Waals surface area contributed by atoms with E-state index in [9.17, 15) is 0 Å². The van der Waals surface area contributed by atoms with Gasteiger partial charge in [0.05, 0.1) is 6.61 Å². The third-order valence-corrected chi connectivity index (χ3v) is 3.88. The lowest BCUT2D eigenvalue weighted by atomic mass is 10.2. The van der Waals surface area contributed by atoms with Gasteiger partial charge in [-0.2, -0.15) is 0 Å². The third-order valence-electron chi connectivity index (χ3n) is 2.62. The lowest BCUT2D eigenvalue weighted by Gasteiger charge is -2.10. The predicted octanol–water partition coefficient (Wildman–Crippen LogP) is 3.31. The van der Waals surface area contributed by atoms with E-state index in [4.69, 9.17) is 4.74 Å². The molecular weight excluding hydrogens is 230 g/mol. The molecule has 0 spiro atoms. The van der Waals surface area contributed by atoms with Gasteiger partial charge in [0.15, 0.2) is 0 Å². The standard InChI is InChI=1S/C14H23NOS/c1-4-12(2)17-14-7-5-6-13(10-14)11-15-8-9-16-3/h5-7,10,12,15H,4,8-9,11H2,1-3H3. The average molecular weight is 253 g/mol. The van der Waals surface area contributed by atoms with Gasteiger partial charge in [-0.15, -0.1) is 11.8 Å². The van der Waals surface area contributed by atoms with E-state index in [-0.39, 0.29) is 0 Å². The van der Waals surface area contributed by atoms with Crippen LogP contribution in [0.3, 0.4) is 0 Å². The summed E-state index contributed by atoms with van der Waals surface area (Å²) < 4.78 is 5.00. The van der Waals surface area contributed by atoms with Crippen LogP contribution in [0.2, 0.25) is 0 Å². The molecule has 0 radical (unpaired) electrons. The Labute approximate surface area is 109 Å². The highest BCUT2D eigenvalue weighted by atomic mass is 32.2. The summed E-state index contributed by atoms with van der Waals surface area (Å²) in [5.74, 6) is 0. The maximum absolute atomic E-state index is 5.00. The van der Waals surface area contributed by atoms with Crippen LogP contribution in [-0.4, -0.2) is 25.5 Å². The van der Waals surface area contributed by atoms with Crippen LogP contribution in [0.5, 0.6) is 0 Å². The van der Waals surface area contributed by atoms with E-state index in [2.05, 4.69) is 43.4 Å². The molecule has 0 fully saturated rings. The van der Waals surface area contributed by atoms with Crippen LogP contribution in [0.1, 0.15) is 25.8 Å². The normalized spacial score (nSPS) is 12.6. The van der Waals surface area contributed by atoms with Gasteiger partial charge in [0.25, 0.3) is 0 Å². The summed E-state index contributed by atoms with van der Waals surface area (Å²) >= 11 is 1.95. The van der Waals surface area contributed by atoms with Crippen LogP contribution < -0.4 is 5.32 Å². The van der Waals surface area contributed by atoms with Gasteiger partial charge in [0.1, 0.15) is 0 Å². The molecule has 0 aliphatic carbocycles. The molecule has 2 nitrogen and oxygen atoms in total. The highest BCUT2D eigenvalue weighted by Gasteiger charge is 2.02. The van der Waals surface area contributed by atoms with Crippen molar-refractivity contribution >= 4 is 11.8 Å². The van der Waals surface area contributed by atoms with Gasteiger partial charge in [0, 0.05) is 30.3 Å². The first-order valence-electron chi connectivity index (χ1n) is 6.21. The van der Waals surface area contributed by atoms with Crippen molar-refractivity contribution in [2.24, 2.45) is 0 Å². The van der Waals surface area contributed by atoms with Crippen LogP contribution in [0.4, 0.5) is 0 Å². The number of hydrogen-bond donors (Lipinski definition) is 1. The maximum Gasteiger partial charge on any atom is 0.0587 e. The van der Waals surface area contributed by atoms with E-state index < -0.39 is 0 Å². The minimum absolute atomic E-state index is 0.687. The number of thioether (sulfide) groups is 1. The second-order valence-electron chi connectivity index (χ2n) is 4.15. The number of benzene rings is 1. The molecule has 17 heavy (non-hydrogen) atoms. The molecule has 0 saturated heterocycles. The molecule has 0 aliphatic heterocycles. The highest BCUT2D eigenvalue weighted by molar-refractivity contribution is 7.99. The van der Waals surface area contributed by atoms with Crippen molar-refractivity contribution in [2.75, 3.05) is 20.3 Å². The molecule has 1 aromatic carbocycles. The molecule has 0 aromatic heterocycles. The van der Waals surface area contributed by atoms with E-state index in [1.165, 1.54) is 16.9 Å². The van der Waals surface area contributed by atoms with E-state index in [0.29, 0.717) is 5.25 Å². The van der Waals surface area contributed by atoms with Crippen LogP contribution in [0, 0.1) is 0 Å². The second kappa shape index (κ2) is 8.56. The SMILES string of the molecule is CCC(C)Sc1cccc(CNCCOC)c1. The van der Waals surface area contributed by atoms with Crippen molar-refractivity contribution in [1.82, 2.24) is 5.32 Å². The Morgan fingerprint density at radius 1 is 1.41 bits per heavy atom. The van der Waals surface area contributed by atoms with Crippen LogP contribution >= 0.6 is 11.8 Å². The van der Waals surface area contributed by atoms with E-state index >= 15 is 0 Å². The van der Waals surface area contributed by atoms with Gasteiger partial charge in [-0.05, 0) is 24.1 Å². The molecule has 1 unspecified atom stereocenters. The summed E-state index contributed by atoms with van der Waals surface area (Å²) in [6.07, 6.45) is 1.21. The second-order valence-corrected chi connectivity index (χ2v) is 5.67. The number of rotatable bonds is 8.